The van der Waals surface area contributed by atoms with Crippen molar-refractivity contribution >= 4 is 5.91 Å². The lowest BCUT2D eigenvalue weighted by atomic mass is 9.84. The number of rotatable bonds is 6. The fourth-order valence-electron chi connectivity index (χ4n) is 3.54. The van der Waals surface area contributed by atoms with Crippen molar-refractivity contribution in [2.24, 2.45) is 5.92 Å². The molecule has 2 heterocycles. The standard InChI is InChI=1S/C22H21N3O4/c26-21(15-7-4-8-15)23-17(11-14-5-2-1-3-6-14)22-24-20(25-29-22)16-9-10-18-19(12-16)28-13-27-18/h1-3,5-6,9-10,12,15,17H,4,7-8,11,13H2,(H,23,26). The first kappa shape index (κ1) is 17.7. The van der Waals surface area contributed by atoms with Crippen molar-refractivity contribution in [1.82, 2.24) is 15.5 Å². The number of aromatic nitrogens is 2. The smallest absolute Gasteiger partial charge is 0.249 e. The van der Waals surface area contributed by atoms with Crippen LogP contribution in [0.1, 0.15) is 36.8 Å². The van der Waals surface area contributed by atoms with Crippen molar-refractivity contribution < 1.29 is 18.8 Å². The van der Waals surface area contributed by atoms with Crippen molar-refractivity contribution in [1.29, 1.82) is 0 Å². The summed E-state index contributed by atoms with van der Waals surface area (Å²) in [5.41, 5.74) is 1.86. The maximum absolute atomic E-state index is 12.6. The number of hydrogen-bond acceptors (Lipinski definition) is 6. The van der Waals surface area contributed by atoms with Crippen LogP contribution in [-0.2, 0) is 11.2 Å². The second-order valence-corrected chi connectivity index (χ2v) is 7.40. The van der Waals surface area contributed by atoms with Gasteiger partial charge in [-0.25, -0.2) is 0 Å². The van der Waals surface area contributed by atoms with Crippen LogP contribution < -0.4 is 14.8 Å². The molecule has 1 saturated carbocycles. The SMILES string of the molecule is O=C(NC(Cc1ccccc1)c1nc(-c2ccc3c(c2)OCO3)no1)C1CCC1. The van der Waals surface area contributed by atoms with Crippen molar-refractivity contribution in [3.8, 4) is 22.9 Å². The van der Waals surface area contributed by atoms with Gasteiger partial charge in [0.25, 0.3) is 0 Å². The van der Waals surface area contributed by atoms with Gasteiger partial charge in [0, 0.05) is 17.9 Å². The Morgan fingerprint density at radius 2 is 1.93 bits per heavy atom. The zero-order valence-electron chi connectivity index (χ0n) is 15.8. The molecule has 2 aromatic carbocycles. The highest BCUT2D eigenvalue weighted by molar-refractivity contribution is 5.79. The third-order valence-corrected chi connectivity index (χ3v) is 5.45. The number of nitrogens with zero attached hydrogens (tertiary/aromatic N) is 2. The molecule has 3 aromatic rings. The topological polar surface area (TPSA) is 86.5 Å². The predicted molar refractivity (Wildman–Crippen MR) is 104 cm³/mol. The Labute approximate surface area is 168 Å². The Bertz CT molecular complexity index is 1010. The van der Waals surface area contributed by atoms with Gasteiger partial charge < -0.3 is 19.3 Å². The Balaban J connectivity index is 1.40. The van der Waals surface area contributed by atoms with E-state index in [0.717, 1.165) is 30.4 Å². The van der Waals surface area contributed by atoms with Crippen LogP contribution in [0.5, 0.6) is 11.5 Å². The molecule has 1 N–H and O–H groups in total. The lowest BCUT2D eigenvalue weighted by Gasteiger charge is -2.26. The Kier molecular flexibility index (Phi) is 4.63. The molecule has 5 rings (SSSR count). The highest BCUT2D eigenvalue weighted by Crippen LogP contribution is 2.35. The van der Waals surface area contributed by atoms with E-state index in [9.17, 15) is 4.79 Å². The number of carbonyl (C=O) groups is 1. The van der Waals surface area contributed by atoms with Gasteiger partial charge in [-0.05, 0) is 36.6 Å². The fraction of sp³-hybridized carbons (Fsp3) is 0.318. The van der Waals surface area contributed by atoms with E-state index in [1.54, 1.807) is 0 Å². The maximum atomic E-state index is 12.6. The minimum Gasteiger partial charge on any atom is -0.454 e. The van der Waals surface area contributed by atoms with Crippen molar-refractivity contribution in [2.75, 3.05) is 6.79 Å². The summed E-state index contributed by atoms with van der Waals surface area (Å²) < 4.78 is 16.3. The summed E-state index contributed by atoms with van der Waals surface area (Å²) in [7, 11) is 0. The summed E-state index contributed by atoms with van der Waals surface area (Å²) in [5, 5.41) is 7.24. The zero-order chi connectivity index (χ0) is 19.6. The third kappa shape index (κ3) is 3.68. The van der Waals surface area contributed by atoms with E-state index in [-0.39, 0.29) is 24.7 Å². The van der Waals surface area contributed by atoms with Gasteiger partial charge in [0.2, 0.25) is 24.4 Å². The van der Waals surface area contributed by atoms with Gasteiger partial charge in [-0.2, -0.15) is 4.98 Å². The minimum absolute atomic E-state index is 0.0556. The van der Waals surface area contributed by atoms with E-state index in [2.05, 4.69) is 15.5 Å². The molecule has 1 aliphatic carbocycles. The first-order valence-electron chi connectivity index (χ1n) is 9.84. The predicted octanol–water partition coefficient (Wildman–Crippen LogP) is 3.67. The number of amides is 1. The summed E-state index contributed by atoms with van der Waals surface area (Å²) in [6.45, 7) is 0.211. The van der Waals surface area contributed by atoms with Gasteiger partial charge in [0.05, 0.1) is 0 Å². The Morgan fingerprint density at radius 1 is 1.10 bits per heavy atom. The second-order valence-electron chi connectivity index (χ2n) is 7.40. The third-order valence-electron chi connectivity index (χ3n) is 5.45. The highest BCUT2D eigenvalue weighted by atomic mass is 16.7. The normalized spacial score (nSPS) is 16.3. The summed E-state index contributed by atoms with van der Waals surface area (Å²) >= 11 is 0. The van der Waals surface area contributed by atoms with E-state index in [0.29, 0.717) is 29.6 Å². The maximum Gasteiger partial charge on any atom is 0.249 e. The molecule has 1 aliphatic heterocycles. The molecule has 29 heavy (non-hydrogen) atoms. The molecule has 0 bridgehead atoms. The van der Waals surface area contributed by atoms with Crippen LogP contribution in [0, 0.1) is 5.92 Å². The lowest BCUT2D eigenvalue weighted by molar-refractivity contribution is -0.128. The lowest BCUT2D eigenvalue weighted by Crippen LogP contribution is -2.37. The van der Waals surface area contributed by atoms with Gasteiger partial charge in [-0.1, -0.05) is 41.9 Å². The fourth-order valence-corrected chi connectivity index (χ4v) is 3.54. The molecule has 0 radical (unpaired) electrons. The second kappa shape index (κ2) is 7.58. The highest BCUT2D eigenvalue weighted by Gasteiger charge is 2.29. The molecule has 1 unspecified atom stereocenters. The van der Waals surface area contributed by atoms with Gasteiger partial charge in [-0.15, -0.1) is 0 Å². The van der Waals surface area contributed by atoms with Crippen molar-refractivity contribution in [3.63, 3.8) is 0 Å². The molecule has 148 valence electrons. The summed E-state index contributed by atoms with van der Waals surface area (Å²) in [5.74, 6) is 2.35. The van der Waals surface area contributed by atoms with E-state index in [4.69, 9.17) is 14.0 Å². The van der Waals surface area contributed by atoms with Gasteiger partial charge in [-0.3, -0.25) is 4.79 Å². The van der Waals surface area contributed by atoms with E-state index >= 15 is 0 Å². The number of carbonyl (C=O) groups excluding carboxylic acids is 1. The molecular formula is C22H21N3O4. The minimum atomic E-state index is -0.374. The Hall–Kier alpha value is -3.35. The summed E-state index contributed by atoms with van der Waals surface area (Å²) in [6.07, 6.45) is 3.57. The zero-order valence-corrected chi connectivity index (χ0v) is 15.8. The molecule has 1 amide bonds. The first-order chi connectivity index (χ1) is 14.3. The molecule has 0 saturated heterocycles. The van der Waals surface area contributed by atoms with E-state index < -0.39 is 0 Å². The number of hydrogen-bond donors (Lipinski definition) is 1. The quantitative estimate of drug-likeness (QED) is 0.690. The average Bonchev–Trinajstić information content (AvgIpc) is 3.36. The van der Waals surface area contributed by atoms with Crippen LogP contribution >= 0.6 is 0 Å². The largest absolute Gasteiger partial charge is 0.454 e. The van der Waals surface area contributed by atoms with Crippen LogP contribution in [0.2, 0.25) is 0 Å². The van der Waals surface area contributed by atoms with Crippen LogP contribution in [0.15, 0.2) is 53.1 Å². The summed E-state index contributed by atoms with van der Waals surface area (Å²) in [6, 6.07) is 15.1. The molecule has 7 nitrogen and oxygen atoms in total. The number of ether oxygens (including phenoxy) is 2. The molecular weight excluding hydrogens is 370 g/mol. The van der Waals surface area contributed by atoms with Crippen molar-refractivity contribution in [3.05, 3.63) is 60.0 Å². The average molecular weight is 391 g/mol. The summed E-state index contributed by atoms with van der Waals surface area (Å²) in [4.78, 5) is 17.1. The monoisotopic (exact) mass is 391 g/mol. The van der Waals surface area contributed by atoms with Gasteiger partial charge in [0.15, 0.2) is 11.5 Å². The Morgan fingerprint density at radius 3 is 2.72 bits per heavy atom. The molecule has 1 aromatic heterocycles. The van der Waals surface area contributed by atoms with Gasteiger partial charge >= 0.3 is 0 Å². The van der Waals surface area contributed by atoms with Crippen molar-refractivity contribution in [2.45, 2.75) is 31.7 Å². The first-order valence-corrected chi connectivity index (χ1v) is 9.84. The molecule has 1 atom stereocenters. The van der Waals surface area contributed by atoms with E-state index in [1.165, 1.54) is 0 Å². The van der Waals surface area contributed by atoms with Gasteiger partial charge in [0.1, 0.15) is 6.04 Å². The van der Waals surface area contributed by atoms with Crippen LogP contribution in [0.3, 0.4) is 0 Å². The molecule has 2 aliphatic rings. The van der Waals surface area contributed by atoms with Crippen LogP contribution in [0.25, 0.3) is 11.4 Å². The number of benzene rings is 2. The molecule has 7 heteroatoms. The molecule has 0 spiro atoms. The number of fused-ring (bicyclic) bond motifs is 1. The van der Waals surface area contributed by atoms with E-state index in [1.807, 2.05) is 48.5 Å². The number of nitrogens with one attached hydrogen (secondary N) is 1. The molecule has 1 fully saturated rings. The van der Waals surface area contributed by atoms with Crippen LogP contribution in [0.4, 0.5) is 0 Å². The van der Waals surface area contributed by atoms with Crippen LogP contribution in [-0.4, -0.2) is 22.8 Å².